The van der Waals surface area contributed by atoms with Crippen LogP contribution in [-0.2, 0) is 14.8 Å². The van der Waals surface area contributed by atoms with Crippen molar-refractivity contribution in [1.82, 2.24) is 10.0 Å². The van der Waals surface area contributed by atoms with Crippen LogP contribution in [0.3, 0.4) is 0 Å². The van der Waals surface area contributed by atoms with E-state index in [1.54, 1.807) is 31.4 Å². The lowest BCUT2D eigenvalue weighted by Crippen LogP contribution is -2.34. The van der Waals surface area contributed by atoms with Gasteiger partial charge in [-0.25, -0.2) is 13.1 Å². The Morgan fingerprint density at radius 1 is 1.23 bits per heavy atom. The van der Waals surface area contributed by atoms with Crippen molar-refractivity contribution in [3.05, 3.63) is 29.8 Å². The first-order valence-corrected chi connectivity index (χ1v) is 8.98. The highest BCUT2D eigenvalue weighted by Crippen LogP contribution is 2.21. The molecule has 0 bridgehead atoms. The minimum absolute atomic E-state index is 0.0477. The summed E-state index contributed by atoms with van der Waals surface area (Å²) in [6.07, 6.45) is 1.13. The van der Waals surface area contributed by atoms with Crippen LogP contribution in [0.15, 0.2) is 24.3 Å². The SMILES string of the molecule is COc1ccc([C@H](CC(=O)NCC(C)C)NS(C)(=O)=O)cc1. The molecule has 0 aromatic heterocycles. The van der Waals surface area contributed by atoms with E-state index < -0.39 is 16.1 Å². The van der Waals surface area contributed by atoms with E-state index in [1.807, 2.05) is 13.8 Å². The highest BCUT2D eigenvalue weighted by Gasteiger charge is 2.19. The van der Waals surface area contributed by atoms with E-state index >= 15 is 0 Å². The number of carbonyl (C=O) groups excluding carboxylic acids is 1. The van der Waals surface area contributed by atoms with Gasteiger partial charge in [0.25, 0.3) is 0 Å². The summed E-state index contributed by atoms with van der Waals surface area (Å²) in [5.41, 5.74) is 0.714. The molecule has 1 atom stereocenters. The van der Waals surface area contributed by atoms with Crippen molar-refractivity contribution in [2.45, 2.75) is 26.3 Å². The Bertz CT molecular complexity index is 582. The van der Waals surface area contributed by atoms with E-state index in [9.17, 15) is 13.2 Å². The highest BCUT2D eigenvalue weighted by atomic mass is 32.2. The maximum absolute atomic E-state index is 12.0. The van der Waals surface area contributed by atoms with Crippen molar-refractivity contribution < 1.29 is 17.9 Å². The van der Waals surface area contributed by atoms with Crippen LogP contribution in [0.25, 0.3) is 0 Å². The Hall–Kier alpha value is -1.60. The second kappa shape index (κ2) is 8.14. The van der Waals surface area contributed by atoms with Crippen LogP contribution in [-0.4, -0.2) is 34.2 Å². The van der Waals surface area contributed by atoms with Crippen LogP contribution in [0.4, 0.5) is 0 Å². The number of nitrogens with one attached hydrogen (secondary N) is 2. The zero-order valence-corrected chi connectivity index (χ0v) is 14.2. The van der Waals surface area contributed by atoms with E-state index in [2.05, 4.69) is 10.0 Å². The maximum atomic E-state index is 12.0. The minimum atomic E-state index is -3.43. The minimum Gasteiger partial charge on any atom is -0.497 e. The van der Waals surface area contributed by atoms with Gasteiger partial charge >= 0.3 is 0 Å². The number of carbonyl (C=O) groups is 1. The summed E-state index contributed by atoms with van der Waals surface area (Å²) in [6.45, 7) is 4.55. The molecule has 0 fully saturated rings. The summed E-state index contributed by atoms with van der Waals surface area (Å²) in [7, 11) is -1.87. The summed E-state index contributed by atoms with van der Waals surface area (Å²) in [4.78, 5) is 12.0. The molecule has 0 saturated heterocycles. The van der Waals surface area contributed by atoms with E-state index in [-0.39, 0.29) is 12.3 Å². The Labute approximate surface area is 132 Å². The lowest BCUT2D eigenvalue weighted by Gasteiger charge is -2.18. The topological polar surface area (TPSA) is 84.5 Å². The van der Waals surface area contributed by atoms with Crippen LogP contribution in [0.2, 0.25) is 0 Å². The van der Waals surface area contributed by atoms with Crippen molar-refractivity contribution in [1.29, 1.82) is 0 Å². The first-order chi connectivity index (χ1) is 10.2. The Kier molecular flexibility index (Phi) is 6.83. The van der Waals surface area contributed by atoms with Gasteiger partial charge in [0, 0.05) is 13.0 Å². The summed E-state index contributed by atoms with van der Waals surface area (Å²) in [5, 5.41) is 2.79. The van der Waals surface area contributed by atoms with Gasteiger partial charge in [-0.1, -0.05) is 26.0 Å². The Balaban J connectivity index is 2.85. The van der Waals surface area contributed by atoms with E-state index in [1.165, 1.54) is 0 Å². The van der Waals surface area contributed by atoms with Gasteiger partial charge in [0.05, 0.1) is 19.4 Å². The fourth-order valence-electron chi connectivity index (χ4n) is 1.90. The second-order valence-electron chi connectivity index (χ2n) is 5.62. The van der Waals surface area contributed by atoms with Gasteiger partial charge in [0.1, 0.15) is 5.75 Å². The van der Waals surface area contributed by atoms with Gasteiger partial charge < -0.3 is 10.1 Å². The van der Waals surface area contributed by atoms with Crippen LogP contribution in [0.1, 0.15) is 31.9 Å². The number of sulfonamides is 1. The zero-order chi connectivity index (χ0) is 16.8. The second-order valence-corrected chi connectivity index (χ2v) is 7.40. The third kappa shape index (κ3) is 6.91. The molecule has 0 unspecified atom stereocenters. The summed E-state index contributed by atoms with van der Waals surface area (Å²) >= 11 is 0. The molecule has 0 aliphatic heterocycles. The van der Waals surface area contributed by atoms with Gasteiger partial charge in [-0.15, -0.1) is 0 Å². The highest BCUT2D eigenvalue weighted by molar-refractivity contribution is 7.88. The normalized spacial score (nSPS) is 13.0. The summed E-state index contributed by atoms with van der Waals surface area (Å²) < 4.78 is 30.6. The van der Waals surface area contributed by atoms with Gasteiger partial charge in [-0.2, -0.15) is 0 Å². The third-order valence-corrected chi connectivity index (χ3v) is 3.68. The number of rotatable bonds is 8. The first kappa shape index (κ1) is 18.4. The molecule has 1 rings (SSSR count). The fraction of sp³-hybridized carbons (Fsp3) is 0.533. The molecule has 22 heavy (non-hydrogen) atoms. The number of benzene rings is 1. The number of amides is 1. The maximum Gasteiger partial charge on any atom is 0.221 e. The number of hydrogen-bond donors (Lipinski definition) is 2. The van der Waals surface area contributed by atoms with Gasteiger partial charge in [-0.05, 0) is 23.6 Å². The molecule has 0 spiro atoms. The van der Waals surface area contributed by atoms with Crippen molar-refractivity contribution in [2.24, 2.45) is 5.92 Å². The molecule has 1 aromatic rings. The van der Waals surface area contributed by atoms with E-state index in [0.29, 0.717) is 23.8 Å². The standard InChI is InChI=1S/C15H24N2O4S/c1-11(2)10-16-15(18)9-14(17-22(4,19)20)12-5-7-13(21-3)8-6-12/h5-8,11,14,17H,9-10H2,1-4H3,(H,16,18)/t14-/m0/s1. The molecule has 0 aliphatic rings. The van der Waals surface area contributed by atoms with E-state index in [0.717, 1.165) is 6.26 Å². The zero-order valence-electron chi connectivity index (χ0n) is 13.4. The fourth-order valence-corrected chi connectivity index (χ4v) is 2.63. The van der Waals surface area contributed by atoms with Crippen LogP contribution in [0.5, 0.6) is 5.75 Å². The lowest BCUT2D eigenvalue weighted by atomic mass is 10.0. The molecule has 2 N–H and O–H groups in total. The Morgan fingerprint density at radius 2 is 1.82 bits per heavy atom. The number of methoxy groups -OCH3 is 1. The van der Waals surface area contributed by atoms with Crippen molar-refractivity contribution >= 4 is 15.9 Å². The molecule has 7 heteroatoms. The smallest absolute Gasteiger partial charge is 0.221 e. The molecule has 124 valence electrons. The van der Waals surface area contributed by atoms with Crippen molar-refractivity contribution in [3.8, 4) is 5.75 Å². The van der Waals surface area contributed by atoms with Crippen molar-refractivity contribution in [3.63, 3.8) is 0 Å². The molecule has 1 aromatic carbocycles. The van der Waals surface area contributed by atoms with Gasteiger partial charge in [0.15, 0.2) is 0 Å². The average Bonchev–Trinajstić information content (AvgIpc) is 2.43. The lowest BCUT2D eigenvalue weighted by molar-refractivity contribution is -0.121. The number of hydrogen-bond acceptors (Lipinski definition) is 4. The summed E-state index contributed by atoms with van der Waals surface area (Å²) in [5.74, 6) is 0.822. The van der Waals surface area contributed by atoms with Crippen molar-refractivity contribution in [2.75, 3.05) is 19.9 Å². The summed E-state index contributed by atoms with van der Waals surface area (Å²) in [6, 6.07) is 6.36. The predicted octanol–water partition coefficient (Wildman–Crippen LogP) is 1.45. The molecule has 0 aliphatic carbocycles. The molecule has 0 heterocycles. The quantitative estimate of drug-likeness (QED) is 0.756. The van der Waals surface area contributed by atoms with E-state index in [4.69, 9.17) is 4.74 Å². The predicted molar refractivity (Wildman–Crippen MR) is 86.2 cm³/mol. The van der Waals surface area contributed by atoms with Gasteiger partial charge in [-0.3, -0.25) is 4.79 Å². The molecule has 6 nitrogen and oxygen atoms in total. The monoisotopic (exact) mass is 328 g/mol. The largest absolute Gasteiger partial charge is 0.497 e. The van der Waals surface area contributed by atoms with Gasteiger partial charge in [0.2, 0.25) is 15.9 Å². The van der Waals surface area contributed by atoms with Crippen LogP contribution >= 0.6 is 0 Å². The third-order valence-electron chi connectivity index (χ3n) is 2.97. The number of ether oxygens (including phenoxy) is 1. The Morgan fingerprint density at radius 3 is 2.27 bits per heavy atom. The molecular weight excluding hydrogens is 304 g/mol. The molecule has 0 radical (unpaired) electrons. The van der Waals surface area contributed by atoms with Crippen LogP contribution < -0.4 is 14.8 Å². The average molecular weight is 328 g/mol. The molecule has 0 saturated carbocycles. The first-order valence-electron chi connectivity index (χ1n) is 7.09. The molecule has 1 amide bonds. The van der Waals surface area contributed by atoms with Crippen LogP contribution in [0, 0.1) is 5.92 Å². The molecular formula is C15H24N2O4S.